The second-order valence-electron chi connectivity index (χ2n) is 4.20. The summed E-state index contributed by atoms with van der Waals surface area (Å²) in [6, 6.07) is 4.12. The molecule has 1 N–H and O–H groups in total. The first kappa shape index (κ1) is 11.9. The lowest BCUT2D eigenvalue weighted by Crippen LogP contribution is -2.10. The summed E-state index contributed by atoms with van der Waals surface area (Å²) >= 11 is 0. The zero-order valence-electron chi connectivity index (χ0n) is 10.7. The number of hydrogen-bond acceptors (Lipinski definition) is 3. The van der Waals surface area contributed by atoms with Gasteiger partial charge in [0.2, 0.25) is 0 Å². The second-order valence-corrected chi connectivity index (χ2v) is 4.20. The van der Waals surface area contributed by atoms with Gasteiger partial charge in [0.25, 0.3) is 0 Å². The normalized spacial score (nSPS) is 11.0. The highest BCUT2D eigenvalue weighted by Crippen LogP contribution is 2.16. The first-order chi connectivity index (χ1) is 8.20. The number of nitrogens with one attached hydrogen (secondary N) is 1. The maximum absolute atomic E-state index is 5.70. The zero-order chi connectivity index (χ0) is 12.3. The minimum atomic E-state index is 0.778. The Hall–Kier alpha value is -1.55. The molecule has 0 aromatic carbocycles. The van der Waals surface area contributed by atoms with Gasteiger partial charge in [-0.2, -0.15) is 5.10 Å². The van der Waals surface area contributed by atoms with E-state index in [4.69, 9.17) is 4.42 Å². The molecule has 0 radical (unpaired) electrons. The van der Waals surface area contributed by atoms with E-state index in [1.54, 1.807) is 0 Å². The third-order valence-electron chi connectivity index (χ3n) is 2.87. The Morgan fingerprint density at radius 1 is 1.41 bits per heavy atom. The Labute approximate surface area is 102 Å². The topological polar surface area (TPSA) is 43.0 Å². The van der Waals surface area contributed by atoms with Crippen LogP contribution in [-0.2, 0) is 13.1 Å². The van der Waals surface area contributed by atoms with Crippen LogP contribution in [0.2, 0.25) is 0 Å². The van der Waals surface area contributed by atoms with E-state index in [9.17, 15) is 0 Å². The van der Waals surface area contributed by atoms with Gasteiger partial charge in [-0.05, 0) is 32.5 Å². The predicted octanol–water partition coefficient (Wildman–Crippen LogP) is 2.25. The first-order valence-corrected chi connectivity index (χ1v) is 5.98. The Morgan fingerprint density at radius 3 is 2.88 bits per heavy atom. The van der Waals surface area contributed by atoms with Crippen molar-refractivity contribution in [2.45, 2.75) is 33.9 Å². The Morgan fingerprint density at radius 2 is 2.24 bits per heavy atom. The lowest BCUT2D eigenvalue weighted by Gasteiger charge is -2.02. The quantitative estimate of drug-likeness (QED) is 0.861. The molecule has 17 heavy (non-hydrogen) atoms. The van der Waals surface area contributed by atoms with E-state index in [0.29, 0.717) is 0 Å². The molecule has 0 aliphatic heterocycles. The Kier molecular flexibility index (Phi) is 3.64. The summed E-state index contributed by atoms with van der Waals surface area (Å²) in [5.41, 5.74) is 2.36. The van der Waals surface area contributed by atoms with Gasteiger partial charge < -0.3 is 9.73 Å². The molecule has 2 aromatic rings. The Balaban J connectivity index is 2.11. The average Bonchev–Trinajstić information content (AvgIpc) is 2.85. The molecule has 0 bridgehead atoms. The van der Waals surface area contributed by atoms with Crippen LogP contribution in [0.3, 0.4) is 0 Å². The third-order valence-corrected chi connectivity index (χ3v) is 2.87. The van der Waals surface area contributed by atoms with Crippen LogP contribution in [0.25, 0.3) is 0 Å². The van der Waals surface area contributed by atoms with Crippen LogP contribution in [0.5, 0.6) is 0 Å². The molecule has 4 heteroatoms. The maximum atomic E-state index is 5.70. The summed E-state index contributed by atoms with van der Waals surface area (Å²) in [5.74, 6) is 1.97. The summed E-state index contributed by atoms with van der Waals surface area (Å²) in [5, 5.41) is 7.54. The predicted molar refractivity (Wildman–Crippen MR) is 66.9 cm³/mol. The van der Waals surface area contributed by atoms with Crippen molar-refractivity contribution in [3.8, 4) is 0 Å². The molecule has 0 unspecified atom stereocenters. The van der Waals surface area contributed by atoms with Gasteiger partial charge in [0.15, 0.2) is 0 Å². The second kappa shape index (κ2) is 5.19. The van der Waals surface area contributed by atoms with Crippen molar-refractivity contribution in [3.63, 3.8) is 0 Å². The van der Waals surface area contributed by atoms with E-state index in [1.807, 2.05) is 23.9 Å². The lowest BCUT2D eigenvalue weighted by atomic mass is 10.2. The molecule has 2 rings (SSSR count). The molecule has 0 aliphatic carbocycles. The highest BCUT2D eigenvalue weighted by molar-refractivity contribution is 5.21. The van der Waals surface area contributed by atoms with E-state index in [2.05, 4.69) is 30.3 Å². The van der Waals surface area contributed by atoms with Crippen molar-refractivity contribution < 1.29 is 4.42 Å². The summed E-state index contributed by atoms with van der Waals surface area (Å²) < 4.78 is 7.68. The minimum absolute atomic E-state index is 0.778. The van der Waals surface area contributed by atoms with Gasteiger partial charge in [-0.1, -0.05) is 6.92 Å². The third kappa shape index (κ3) is 2.77. The largest absolute Gasteiger partial charge is 0.465 e. The number of hydrogen-bond donors (Lipinski definition) is 1. The van der Waals surface area contributed by atoms with Crippen molar-refractivity contribution in [1.82, 2.24) is 15.1 Å². The number of aromatic nitrogens is 2. The molecule has 92 valence electrons. The number of nitrogens with zero attached hydrogens (tertiary/aromatic N) is 2. The molecule has 0 fully saturated rings. The van der Waals surface area contributed by atoms with Gasteiger partial charge >= 0.3 is 0 Å². The van der Waals surface area contributed by atoms with Crippen LogP contribution in [0, 0.1) is 13.8 Å². The Bertz CT molecular complexity index is 485. The number of furan rings is 1. The summed E-state index contributed by atoms with van der Waals surface area (Å²) in [4.78, 5) is 0. The van der Waals surface area contributed by atoms with Crippen LogP contribution >= 0.6 is 0 Å². The molecule has 0 atom stereocenters. The smallest absolute Gasteiger partial charge is 0.118 e. The van der Waals surface area contributed by atoms with Crippen LogP contribution in [0.15, 0.2) is 22.7 Å². The molecule has 0 saturated heterocycles. The molecular weight excluding hydrogens is 214 g/mol. The van der Waals surface area contributed by atoms with Crippen molar-refractivity contribution in [2.24, 2.45) is 0 Å². The van der Waals surface area contributed by atoms with Gasteiger partial charge in [0.1, 0.15) is 11.5 Å². The summed E-state index contributed by atoms with van der Waals surface area (Å²) in [6.45, 7) is 8.67. The zero-order valence-corrected chi connectivity index (χ0v) is 10.7. The molecule has 2 heterocycles. The average molecular weight is 233 g/mol. The fourth-order valence-corrected chi connectivity index (χ4v) is 1.81. The van der Waals surface area contributed by atoms with E-state index >= 15 is 0 Å². The summed E-state index contributed by atoms with van der Waals surface area (Å²) in [6.07, 6.45) is 1.82. The van der Waals surface area contributed by atoms with E-state index in [0.717, 1.165) is 31.2 Å². The highest BCUT2D eigenvalue weighted by atomic mass is 16.3. The fraction of sp³-hybridized carbons (Fsp3) is 0.462. The van der Waals surface area contributed by atoms with Crippen molar-refractivity contribution in [3.05, 3.63) is 41.1 Å². The maximum Gasteiger partial charge on any atom is 0.118 e. The summed E-state index contributed by atoms with van der Waals surface area (Å²) in [7, 11) is 0. The molecule has 0 saturated carbocycles. The van der Waals surface area contributed by atoms with Gasteiger partial charge in [0, 0.05) is 17.5 Å². The van der Waals surface area contributed by atoms with E-state index in [1.165, 1.54) is 11.3 Å². The molecular formula is C13H19N3O. The molecule has 0 spiro atoms. The van der Waals surface area contributed by atoms with Crippen LogP contribution in [-0.4, -0.2) is 16.3 Å². The first-order valence-electron chi connectivity index (χ1n) is 5.98. The van der Waals surface area contributed by atoms with E-state index < -0.39 is 0 Å². The van der Waals surface area contributed by atoms with Crippen molar-refractivity contribution >= 4 is 0 Å². The standard InChI is InChI=1S/C13H19N3O/c1-4-14-8-13-7-12(11(3)17-13)9-16-10(2)5-6-15-16/h5-7,14H,4,8-9H2,1-3H3. The SMILES string of the molecule is CCNCc1cc(Cn2nccc2C)c(C)o1. The van der Waals surface area contributed by atoms with Gasteiger partial charge in [0.05, 0.1) is 13.1 Å². The monoisotopic (exact) mass is 233 g/mol. The molecule has 2 aromatic heterocycles. The van der Waals surface area contributed by atoms with Crippen LogP contribution in [0.4, 0.5) is 0 Å². The highest BCUT2D eigenvalue weighted by Gasteiger charge is 2.08. The lowest BCUT2D eigenvalue weighted by molar-refractivity contribution is 0.462. The van der Waals surface area contributed by atoms with Gasteiger partial charge in [-0.25, -0.2) is 0 Å². The van der Waals surface area contributed by atoms with Crippen molar-refractivity contribution in [2.75, 3.05) is 6.54 Å². The molecule has 0 aliphatic rings. The number of aryl methyl sites for hydroxylation is 2. The van der Waals surface area contributed by atoms with Gasteiger partial charge in [-0.3, -0.25) is 4.68 Å². The van der Waals surface area contributed by atoms with Crippen molar-refractivity contribution in [1.29, 1.82) is 0 Å². The molecule has 0 amide bonds. The van der Waals surface area contributed by atoms with E-state index in [-0.39, 0.29) is 0 Å². The minimum Gasteiger partial charge on any atom is -0.465 e. The number of rotatable bonds is 5. The fourth-order valence-electron chi connectivity index (χ4n) is 1.81. The van der Waals surface area contributed by atoms with Gasteiger partial charge in [-0.15, -0.1) is 0 Å². The van der Waals surface area contributed by atoms with Crippen LogP contribution < -0.4 is 5.32 Å². The van der Waals surface area contributed by atoms with Crippen LogP contribution in [0.1, 0.15) is 29.7 Å². The molecule has 4 nitrogen and oxygen atoms in total.